The highest BCUT2D eigenvalue weighted by Gasteiger charge is 2.12. The summed E-state index contributed by atoms with van der Waals surface area (Å²) >= 11 is 0. The number of rotatable bonds is 7. The number of hydrogen-bond acceptors (Lipinski definition) is 3. The predicted octanol–water partition coefficient (Wildman–Crippen LogP) is 3.01. The zero-order valence-corrected chi connectivity index (χ0v) is 9.93. The van der Waals surface area contributed by atoms with Crippen LogP contribution in [0.25, 0.3) is 0 Å². The topological polar surface area (TPSA) is 61.0 Å². The van der Waals surface area contributed by atoms with Gasteiger partial charge < -0.3 is 0 Å². The molecule has 0 N–H and O–H groups in total. The molecule has 0 radical (unpaired) electrons. The lowest BCUT2D eigenvalue weighted by molar-refractivity contribution is -0.385. The maximum Gasteiger partial charge on any atom is 0.306 e. The summed E-state index contributed by atoms with van der Waals surface area (Å²) in [5.74, 6) is 0.569. The molecule has 0 aliphatic rings. The number of hydrogen-bond donors (Lipinski definition) is 0. The van der Waals surface area contributed by atoms with Crippen molar-refractivity contribution in [3.63, 3.8) is 0 Å². The van der Waals surface area contributed by atoms with Crippen LogP contribution in [0.3, 0.4) is 0 Å². The van der Waals surface area contributed by atoms with E-state index in [1.54, 1.807) is 4.68 Å². The Balaban J connectivity index is 2.52. The van der Waals surface area contributed by atoms with E-state index in [4.69, 9.17) is 0 Å². The molecule has 0 spiro atoms. The second kappa shape index (κ2) is 6.25. The van der Waals surface area contributed by atoms with E-state index in [0.29, 0.717) is 5.92 Å². The van der Waals surface area contributed by atoms with Crippen LogP contribution in [0.4, 0.5) is 5.69 Å². The smallest absolute Gasteiger partial charge is 0.265 e. The predicted molar refractivity (Wildman–Crippen MR) is 62.2 cm³/mol. The van der Waals surface area contributed by atoms with Crippen molar-refractivity contribution in [1.82, 2.24) is 9.78 Å². The Morgan fingerprint density at radius 2 is 2.31 bits per heavy atom. The summed E-state index contributed by atoms with van der Waals surface area (Å²) in [5, 5.41) is 14.5. The summed E-state index contributed by atoms with van der Waals surface area (Å²) in [6, 6.07) is 0. The summed E-state index contributed by atoms with van der Waals surface area (Å²) < 4.78 is 1.68. The Kier molecular flexibility index (Phi) is 4.95. The second-order valence-corrected chi connectivity index (χ2v) is 4.09. The van der Waals surface area contributed by atoms with Gasteiger partial charge in [0.05, 0.1) is 4.92 Å². The van der Waals surface area contributed by atoms with E-state index in [1.807, 2.05) is 0 Å². The first-order chi connectivity index (χ1) is 7.67. The Morgan fingerprint density at radius 3 is 2.81 bits per heavy atom. The van der Waals surface area contributed by atoms with Crippen LogP contribution >= 0.6 is 0 Å². The standard InChI is InChI=1S/C11H19N3O2/c1-3-5-6-10(4-2)8-13-9-11(7-12-13)14(15)16/h7,9-10H,3-6,8H2,1-2H3/t10-/m1/s1. The van der Waals surface area contributed by atoms with Gasteiger partial charge in [-0.15, -0.1) is 0 Å². The van der Waals surface area contributed by atoms with Gasteiger partial charge in [0, 0.05) is 6.54 Å². The molecule has 1 aromatic rings. The molecule has 16 heavy (non-hydrogen) atoms. The maximum atomic E-state index is 10.5. The molecule has 5 heteroatoms. The minimum atomic E-state index is -0.406. The Labute approximate surface area is 95.6 Å². The summed E-state index contributed by atoms with van der Waals surface area (Å²) in [5.41, 5.74) is 0.0744. The van der Waals surface area contributed by atoms with Crippen LogP contribution in [-0.2, 0) is 6.54 Å². The van der Waals surface area contributed by atoms with Crippen molar-refractivity contribution in [2.75, 3.05) is 0 Å². The lowest BCUT2D eigenvalue weighted by atomic mass is 10.00. The van der Waals surface area contributed by atoms with Crippen LogP contribution in [0.15, 0.2) is 12.4 Å². The highest BCUT2D eigenvalue weighted by molar-refractivity contribution is 5.20. The molecule has 0 saturated heterocycles. The summed E-state index contributed by atoms with van der Waals surface area (Å²) in [6.07, 6.45) is 7.48. The average Bonchev–Trinajstić information content (AvgIpc) is 2.72. The molecule has 1 rings (SSSR count). The summed E-state index contributed by atoms with van der Waals surface area (Å²) in [6.45, 7) is 5.11. The minimum absolute atomic E-state index is 0.0744. The Hall–Kier alpha value is -1.39. The third kappa shape index (κ3) is 3.64. The van der Waals surface area contributed by atoms with E-state index in [0.717, 1.165) is 13.0 Å². The molecule has 90 valence electrons. The van der Waals surface area contributed by atoms with Crippen LogP contribution in [0.5, 0.6) is 0 Å². The molecule has 1 heterocycles. The Morgan fingerprint density at radius 1 is 1.56 bits per heavy atom. The lowest BCUT2D eigenvalue weighted by Crippen LogP contribution is -2.10. The molecule has 0 bridgehead atoms. The van der Waals surface area contributed by atoms with E-state index < -0.39 is 4.92 Å². The highest BCUT2D eigenvalue weighted by Crippen LogP contribution is 2.16. The fraction of sp³-hybridized carbons (Fsp3) is 0.727. The van der Waals surface area contributed by atoms with E-state index in [1.165, 1.54) is 31.7 Å². The molecule has 1 atom stereocenters. The van der Waals surface area contributed by atoms with Crippen molar-refractivity contribution in [1.29, 1.82) is 0 Å². The van der Waals surface area contributed by atoms with E-state index in [-0.39, 0.29) is 5.69 Å². The molecule has 5 nitrogen and oxygen atoms in total. The molecule has 0 aromatic carbocycles. The maximum absolute atomic E-state index is 10.5. The zero-order chi connectivity index (χ0) is 12.0. The molecule has 0 aliphatic heterocycles. The van der Waals surface area contributed by atoms with Gasteiger partial charge in [-0.2, -0.15) is 5.10 Å². The first kappa shape index (κ1) is 12.7. The van der Waals surface area contributed by atoms with Gasteiger partial charge in [-0.05, 0) is 12.3 Å². The molecule has 0 unspecified atom stereocenters. The SMILES string of the molecule is CCCC[C@@H](CC)Cn1cc([N+](=O)[O-])cn1. The Bertz CT molecular complexity index is 336. The van der Waals surface area contributed by atoms with Gasteiger partial charge in [0.15, 0.2) is 0 Å². The molecular formula is C11H19N3O2. The largest absolute Gasteiger partial charge is 0.306 e. The molecule has 0 fully saturated rings. The van der Waals surface area contributed by atoms with Crippen molar-refractivity contribution in [3.05, 3.63) is 22.5 Å². The van der Waals surface area contributed by atoms with Gasteiger partial charge >= 0.3 is 5.69 Å². The highest BCUT2D eigenvalue weighted by atomic mass is 16.6. The van der Waals surface area contributed by atoms with E-state index in [2.05, 4.69) is 18.9 Å². The summed E-state index contributed by atoms with van der Waals surface area (Å²) in [4.78, 5) is 10.1. The van der Waals surface area contributed by atoms with Gasteiger partial charge in [-0.1, -0.05) is 33.1 Å². The molecule has 0 aliphatic carbocycles. The minimum Gasteiger partial charge on any atom is -0.265 e. The van der Waals surface area contributed by atoms with Crippen molar-refractivity contribution in [2.45, 2.75) is 46.1 Å². The van der Waals surface area contributed by atoms with Gasteiger partial charge in [0.25, 0.3) is 0 Å². The monoisotopic (exact) mass is 225 g/mol. The van der Waals surface area contributed by atoms with E-state index >= 15 is 0 Å². The molecule has 0 amide bonds. The van der Waals surface area contributed by atoms with Gasteiger partial charge in [-0.25, -0.2) is 0 Å². The van der Waals surface area contributed by atoms with Gasteiger partial charge in [0.1, 0.15) is 12.4 Å². The fourth-order valence-corrected chi connectivity index (χ4v) is 1.73. The second-order valence-electron chi connectivity index (χ2n) is 4.09. The van der Waals surface area contributed by atoms with Crippen LogP contribution in [-0.4, -0.2) is 14.7 Å². The van der Waals surface area contributed by atoms with Crippen LogP contribution in [0, 0.1) is 16.0 Å². The van der Waals surface area contributed by atoms with Gasteiger partial charge in [0.2, 0.25) is 0 Å². The van der Waals surface area contributed by atoms with Crippen LogP contribution in [0.2, 0.25) is 0 Å². The first-order valence-electron chi connectivity index (χ1n) is 5.84. The van der Waals surface area contributed by atoms with Crippen molar-refractivity contribution in [3.8, 4) is 0 Å². The molecule has 0 saturated carbocycles. The fourth-order valence-electron chi connectivity index (χ4n) is 1.73. The molecule has 1 aromatic heterocycles. The van der Waals surface area contributed by atoms with Crippen molar-refractivity contribution < 1.29 is 4.92 Å². The normalized spacial score (nSPS) is 12.6. The number of aromatic nitrogens is 2. The quantitative estimate of drug-likeness (QED) is 0.529. The summed E-state index contributed by atoms with van der Waals surface area (Å²) in [7, 11) is 0. The number of nitrogens with zero attached hydrogens (tertiary/aromatic N) is 3. The number of nitro groups is 1. The number of unbranched alkanes of at least 4 members (excludes halogenated alkanes) is 1. The van der Waals surface area contributed by atoms with E-state index in [9.17, 15) is 10.1 Å². The average molecular weight is 225 g/mol. The van der Waals surface area contributed by atoms with Crippen LogP contribution < -0.4 is 0 Å². The zero-order valence-electron chi connectivity index (χ0n) is 9.93. The third-order valence-corrected chi connectivity index (χ3v) is 2.82. The third-order valence-electron chi connectivity index (χ3n) is 2.82. The molecular weight excluding hydrogens is 206 g/mol. The van der Waals surface area contributed by atoms with Crippen LogP contribution in [0.1, 0.15) is 39.5 Å². The van der Waals surface area contributed by atoms with Crippen molar-refractivity contribution in [2.24, 2.45) is 5.92 Å². The first-order valence-corrected chi connectivity index (χ1v) is 5.84. The van der Waals surface area contributed by atoms with Crippen molar-refractivity contribution >= 4 is 5.69 Å². The lowest BCUT2D eigenvalue weighted by Gasteiger charge is -2.13. The van der Waals surface area contributed by atoms with Gasteiger partial charge in [-0.3, -0.25) is 14.8 Å².